The van der Waals surface area contributed by atoms with Crippen LogP contribution in [0.25, 0.3) is 0 Å². The highest BCUT2D eigenvalue weighted by Crippen LogP contribution is 2.20. The van der Waals surface area contributed by atoms with Crippen LogP contribution in [0.4, 0.5) is 0 Å². The van der Waals surface area contributed by atoms with Crippen LogP contribution in [-0.4, -0.2) is 84.0 Å². The summed E-state index contributed by atoms with van der Waals surface area (Å²) >= 11 is 0. The molecule has 2 rings (SSSR count). The smallest absolute Gasteiger partial charge is 0.236 e. The Hall–Kier alpha value is -1.14. The molecule has 2 amide bonds. The minimum Gasteiger partial charge on any atom is -0.370 e. The molecular weight excluding hydrogens is 270 g/mol. The molecule has 0 spiro atoms. The van der Waals surface area contributed by atoms with Gasteiger partial charge >= 0.3 is 0 Å². The Kier molecular flexibility index (Phi) is 4.88. The van der Waals surface area contributed by atoms with Gasteiger partial charge in [0.2, 0.25) is 11.8 Å². The second-order valence-corrected chi connectivity index (χ2v) is 6.74. The first kappa shape index (κ1) is 16.2. The van der Waals surface area contributed by atoms with Crippen molar-refractivity contribution in [2.75, 3.05) is 45.8 Å². The molecule has 6 nitrogen and oxygen atoms in total. The average Bonchev–Trinajstić information content (AvgIpc) is 2.36. The second-order valence-electron chi connectivity index (χ2n) is 6.74. The van der Waals surface area contributed by atoms with Crippen molar-refractivity contribution in [1.82, 2.24) is 14.7 Å². The van der Waals surface area contributed by atoms with Crippen molar-refractivity contribution >= 4 is 11.8 Å². The number of rotatable bonds is 2. The molecule has 2 aliphatic rings. The van der Waals surface area contributed by atoms with Crippen molar-refractivity contribution < 1.29 is 14.3 Å². The van der Waals surface area contributed by atoms with Crippen LogP contribution in [0.15, 0.2) is 0 Å². The van der Waals surface area contributed by atoms with E-state index in [0.29, 0.717) is 32.7 Å². The largest absolute Gasteiger partial charge is 0.370 e. The van der Waals surface area contributed by atoms with Crippen LogP contribution in [0.2, 0.25) is 0 Å². The fraction of sp³-hybridized carbons (Fsp3) is 0.867. The number of carbonyl (C=O) groups is 2. The van der Waals surface area contributed by atoms with Gasteiger partial charge in [-0.15, -0.1) is 0 Å². The zero-order valence-corrected chi connectivity index (χ0v) is 13.6. The zero-order valence-electron chi connectivity index (χ0n) is 13.6. The first-order valence-corrected chi connectivity index (χ1v) is 7.70. The van der Waals surface area contributed by atoms with E-state index in [1.54, 1.807) is 11.8 Å². The van der Waals surface area contributed by atoms with Gasteiger partial charge in [-0.1, -0.05) is 0 Å². The SMILES string of the molecule is CC(=O)N1CCN(C(=O)CN2CC(C)OC(C)(C)C2)CC1. The van der Waals surface area contributed by atoms with Gasteiger partial charge in [0.1, 0.15) is 0 Å². The monoisotopic (exact) mass is 297 g/mol. The first-order chi connectivity index (χ1) is 9.77. The summed E-state index contributed by atoms with van der Waals surface area (Å²) in [7, 11) is 0. The van der Waals surface area contributed by atoms with Gasteiger partial charge in [0.25, 0.3) is 0 Å². The third kappa shape index (κ3) is 4.41. The maximum absolute atomic E-state index is 12.4. The number of nitrogens with zero attached hydrogens (tertiary/aromatic N) is 3. The number of hydrogen-bond donors (Lipinski definition) is 0. The van der Waals surface area contributed by atoms with Crippen molar-refractivity contribution in [3.63, 3.8) is 0 Å². The van der Waals surface area contributed by atoms with Crippen molar-refractivity contribution in [2.45, 2.75) is 39.4 Å². The number of morpholine rings is 1. The summed E-state index contributed by atoms with van der Waals surface area (Å²) in [6, 6.07) is 0. The minimum absolute atomic E-state index is 0.0888. The van der Waals surface area contributed by atoms with Gasteiger partial charge in [0.15, 0.2) is 0 Å². The molecule has 1 atom stereocenters. The molecule has 0 aromatic heterocycles. The fourth-order valence-corrected chi connectivity index (χ4v) is 3.27. The van der Waals surface area contributed by atoms with Crippen LogP contribution in [0.5, 0.6) is 0 Å². The van der Waals surface area contributed by atoms with Crippen LogP contribution < -0.4 is 0 Å². The van der Waals surface area contributed by atoms with Crippen molar-refractivity contribution in [3.05, 3.63) is 0 Å². The van der Waals surface area contributed by atoms with Crippen LogP contribution >= 0.6 is 0 Å². The van der Waals surface area contributed by atoms with E-state index < -0.39 is 0 Å². The maximum atomic E-state index is 12.4. The Morgan fingerprint density at radius 3 is 2.24 bits per heavy atom. The van der Waals surface area contributed by atoms with E-state index >= 15 is 0 Å². The lowest BCUT2D eigenvalue weighted by molar-refractivity contribution is -0.148. The van der Waals surface area contributed by atoms with E-state index in [-0.39, 0.29) is 23.5 Å². The van der Waals surface area contributed by atoms with Gasteiger partial charge in [0, 0.05) is 46.2 Å². The van der Waals surface area contributed by atoms with Gasteiger partial charge in [0.05, 0.1) is 18.2 Å². The normalized spacial score (nSPS) is 26.8. The summed E-state index contributed by atoms with van der Waals surface area (Å²) in [5.74, 6) is 0.244. The van der Waals surface area contributed by atoms with Crippen LogP contribution in [0.1, 0.15) is 27.7 Å². The molecule has 0 aromatic rings. The molecule has 0 saturated carbocycles. The number of amides is 2. The summed E-state index contributed by atoms with van der Waals surface area (Å²) in [6.45, 7) is 12.3. The van der Waals surface area contributed by atoms with Crippen LogP contribution in [-0.2, 0) is 14.3 Å². The van der Waals surface area contributed by atoms with Gasteiger partial charge in [-0.3, -0.25) is 14.5 Å². The topological polar surface area (TPSA) is 53.1 Å². The summed E-state index contributed by atoms with van der Waals surface area (Å²) in [5.41, 5.74) is -0.203. The average molecular weight is 297 g/mol. The third-order valence-electron chi connectivity index (χ3n) is 4.08. The number of piperazine rings is 1. The van der Waals surface area contributed by atoms with Crippen molar-refractivity contribution in [2.24, 2.45) is 0 Å². The lowest BCUT2D eigenvalue weighted by Crippen LogP contribution is -2.56. The number of hydrogen-bond acceptors (Lipinski definition) is 4. The van der Waals surface area contributed by atoms with Crippen molar-refractivity contribution in [3.8, 4) is 0 Å². The highest BCUT2D eigenvalue weighted by atomic mass is 16.5. The Balaban J connectivity index is 1.83. The Morgan fingerprint density at radius 2 is 1.71 bits per heavy atom. The summed E-state index contributed by atoms with van der Waals surface area (Å²) in [4.78, 5) is 29.5. The Labute approximate surface area is 127 Å². The molecule has 0 radical (unpaired) electrons. The van der Waals surface area contributed by atoms with E-state index in [4.69, 9.17) is 4.74 Å². The lowest BCUT2D eigenvalue weighted by atomic mass is 10.1. The quantitative estimate of drug-likeness (QED) is 0.729. The fourth-order valence-electron chi connectivity index (χ4n) is 3.27. The maximum Gasteiger partial charge on any atom is 0.236 e. The number of ether oxygens (including phenoxy) is 1. The molecule has 21 heavy (non-hydrogen) atoms. The van der Waals surface area contributed by atoms with E-state index in [9.17, 15) is 9.59 Å². The summed E-state index contributed by atoms with van der Waals surface area (Å²) < 4.78 is 5.86. The van der Waals surface area contributed by atoms with E-state index in [1.807, 2.05) is 11.8 Å². The van der Waals surface area contributed by atoms with Gasteiger partial charge in [-0.25, -0.2) is 0 Å². The first-order valence-electron chi connectivity index (χ1n) is 7.70. The molecule has 1 unspecified atom stereocenters. The van der Waals surface area contributed by atoms with Gasteiger partial charge in [-0.05, 0) is 20.8 Å². The molecule has 120 valence electrons. The molecule has 2 heterocycles. The van der Waals surface area contributed by atoms with Gasteiger partial charge in [-0.2, -0.15) is 0 Å². The Bertz CT molecular complexity index is 403. The van der Waals surface area contributed by atoms with E-state index in [0.717, 1.165) is 13.1 Å². The lowest BCUT2D eigenvalue weighted by Gasteiger charge is -2.42. The van der Waals surface area contributed by atoms with E-state index in [2.05, 4.69) is 18.7 Å². The predicted molar refractivity (Wildman–Crippen MR) is 79.9 cm³/mol. The minimum atomic E-state index is -0.203. The Morgan fingerprint density at radius 1 is 1.14 bits per heavy atom. The molecule has 6 heteroatoms. The summed E-state index contributed by atoms with van der Waals surface area (Å²) in [5, 5.41) is 0. The highest BCUT2D eigenvalue weighted by molar-refractivity contribution is 5.79. The molecule has 2 saturated heterocycles. The molecule has 2 aliphatic heterocycles. The van der Waals surface area contributed by atoms with Crippen LogP contribution in [0.3, 0.4) is 0 Å². The molecular formula is C15H27N3O3. The highest BCUT2D eigenvalue weighted by Gasteiger charge is 2.33. The molecule has 0 aromatic carbocycles. The molecule has 0 aliphatic carbocycles. The predicted octanol–water partition coefficient (Wildman–Crippen LogP) is 0.176. The zero-order chi connectivity index (χ0) is 15.6. The molecule has 2 fully saturated rings. The van der Waals surface area contributed by atoms with Crippen molar-refractivity contribution in [1.29, 1.82) is 0 Å². The number of carbonyl (C=O) groups excluding carboxylic acids is 2. The third-order valence-corrected chi connectivity index (χ3v) is 4.08. The standard InChI is InChI=1S/C15H27N3O3/c1-12-9-16(11-15(3,4)21-12)10-14(20)18-7-5-17(6-8-18)13(2)19/h12H,5-11H2,1-4H3. The van der Waals surface area contributed by atoms with Crippen LogP contribution in [0, 0.1) is 0 Å². The molecule has 0 bridgehead atoms. The second kappa shape index (κ2) is 6.32. The summed E-state index contributed by atoms with van der Waals surface area (Å²) in [6.07, 6.45) is 0.149. The van der Waals surface area contributed by atoms with E-state index in [1.165, 1.54) is 0 Å². The molecule has 0 N–H and O–H groups in total. The van der Waals surface area contributed by atoms with Gasteiger partial charge < -0.3 is 14.5 Å².